The van der Waals surface area contributed by atoms with Crippen molar-refractivity contribution in [3.05, 3.63) is 65.5 Å². The van der Waals surface area contributed by atoms with Crippen molar-refractivity contribution in [2.24, 2.45) is 11.8 Å². The van der Waals surface area contributed by atoms with E-state index in [2.05, 4.69) is 10.6 Å². The van der Waals surface area contributed by atoms with Gasteiger partial charge in [0.15, 0.2) is 0 Å². The standard InChI is InChI=1S/C25H32FN3O4S/c1-17(2)23(25(31)27-16-19-6-8-21(26)9-7-19)28-24(30)20-12-14-29(15-13-20)34(32,33)22-10-4-18(3)5-11-22/h4-11,17,20,23H,12-16H2,1-3H3,(H,27,31)(H,28,30). The molecule has 1 fully saturated rings. The third kappa shape index (κ3) is 6.42. The molecule has 2 aromatic rings. The summed E-state index contributed by atoms with van der Waals surface area (Å²) in [5, 5.41) is 5.64. The van der Waals surface area contributed by atoms with Crippen molar-refractivity contribution < 1.29 is 22.4 Å². The van der Waals surface area contributed by atoms with Crippen LogP contribution in [0, 0.1) is 24.6 Å². The highest BCUT2D eigenvalue weighted by molar-refractivity contribution is 7.89. The summed E-state index contributed by atoms with van der Waals surface area (Å²) in [7, 11) is -3.60. The molecule has 3 rings (SSSR count). The molecule has 2 aromatic carbocycles. The van der Waals surface area contributed by atoms with Crippen LogP contribution in [0.15, 0.2) is 53.4 Å². The van der Waals surface area contributed by atoms with Crippen molar-refractivity contribution >= 4 is 21.8 Å². The minimum Gasteiger partial charge on any atom is -0.350 e. The normalized spacial score (nSPS) is 16.3. The Labute approximate surface area is 200 Å². The zero-order chi connectivity index (χ0) is 24.9. The first-order chi connectivity index (χ1) is 16.1. The van der Waals surface area contributed by atoms with E-state index in [1.807, 2.05) is 20.8 Å². The minimum atomic E-state index is -3.60. The Bertz CT molecular complexity index is 1090. The first kappa shape index (κ1) is 25.8. The second-order valence-electron chi connectivity index (χ2n) is 9.07. The smallest absolute Gasteiger partial charge is 0.243 e. The lowest BCUT2D eigenvalue weighted by Gasteiger charge is -2.32. The van der Waals surface area contributed by atoms with Gasteiger partial charge in [-0.1, -0.05) is 43.7 Å². The maximum Gasteiger partial charge on any atom is 0.243 e. The van der Waals surface area contributed by atoms with Gasteiger partial charge in [0.1, 0.15) is 11.9 Å². The number of aryl methyl sites for hydroxylation is 1. The summed E-state index contributed by atoms with van der Waals surface area (Å²) in [6.07, 6.45) is 0.776. The van der Waals surface area contributed by atoms with Gasteiger partial charge in [0.25, 0.3) is 0 Å². The van der Waals surface area contributed by atoms with E-state index in [0.29, 0.717) is 12.8 Å². The molecule has 34 heavy (non-hydrogen) atoms. The Hall–Kier alpha value is -2.78. The minimum absolute atomic E-state index is 0.140. The Morgan fingerprint density at radius 3 is 2.18 bits per heavy atom. The number of nitrogens with zero attached hydrogens (tertiary/aromatic N) is 1. The number of nitrogens with one attached hydrogen (secondary N) is 2. The first-order valence-corrected chi connectivity index (χ1v) is 12.9. The van der Waals surface area contributed by atoms with E-state index < -0.39 is 16.1 Å². The Morgan fingerprint density at radius 2 is 1.62 bits per heavy atom. The number of benzene rings is 2. The highest BCUT2D eigenvalue weighted by atomic mass is 32.2. The van der Waals surface area contributed by atoms with Gasteiger partial charge in [0.05, 0.1) is 4.90 Å². The first-order valence-electron chi connectivity index (χ1n) is 11.5. The predicted molar refractivity (Wildman–Crippen MR) is 128 cm³/mol. The van der Waals surface area contributed by atoms with E-state index in [1.165, 1.54) is 16.4 Å². The Morgan fingerprint density at radius 1 is 1.03 bits per heavy atom. The van der Waals surface area contributed by atoms with Gasteiger partial charge in [-0.05, 0) is 55.5 Å². The van der Waals surface area contributed by atoms with Crippen molar-refractivity contribution in [3.8, 4) is 0 Å². The van der Waals surface area contributed by atoms with Gasteiger partial charge in [-0.15, -0.1) is 0 Å². The molecule has 184 valence electrons. The molecule has 1 aliphatic rings. The molecule has 1 aliphatic heterocycles. The van der Waals surface area contributed by atoms with E-state index in [0.717, 1.165) is 11.1 Å². The number of hydrogen-bond acceptors (Lipinski definition) is 4. The maximum atomic E-state index is 13.1. The molecule has 1 unspecified atom stereocenters. The fourth-order valence-corrected chi connectivity index (χ4v) is 5.39. The zero-order valence-corrected chi connectivity index (χ0v) is 20.6. The number of piperidine rings is 1. The lowest BCUT2D eigenvalue weighted by molar-refractivity contribution is -0.132. The van der Waals surface area contributed by atoms with Gasteiger partial charge < -0.3 is 10.6 Å². The quantitative estimate of drug-likeness (QED) is 0.596. The number of carbonyl (C=O) groups excluding carboxylic acids is 2. The fourth-order valence-electron chi connectivity index (χ4n) is 3.93. The molecule has 1 saturated heterocycles. The van der Waals surface area contributed by atoms with Crippen LogP contribution < -0.4 is 10.6 Å². The summed E-state index contributed by atoms with van der Waals surface area (Å²) in [5.41, 5.74) is 1.74. The summed E-state index contributed by atoms with van der Waals surface area (Å²) < 4.78 is 40.3. The zero-order valence-electron chi connectivity index (χ0n) is 19.8. The van der Waals surface area contributed by atoms with E-state index in [-0.39, 0.29) is 54.0 Å². The van der Waals surface area contributed by atoms with E-state index in [9.17, 15) is 22.4 Å². The van der Waals surface area contributed by atoms with Crippen LogP contribution in [-0.4, -0.2) is 43.7 Å². The van der Waals surface area contributed by atoms with Crippen molar-refractivity contribution in [1.82, 2.24) is 14.9 Å². The number of halogens is 1. The molecule has 1 atom stereocenters. The van der Waals surface area contributed by atoms with E-state index in [1.54, 1.807) is 36.4 Å². The van der Waals surface area contributed by atoms with Crippen molar-refractivity contribution in [3.63, 3.8) is 0 Å². The third-order valence-corrected chi connectivity index (χ3v) is 8.02. The molecule has 1 heterocycles. The number of rotatable bonds is 8. The van der Waals surface area contributed by atoms with Crippen LogP contribution in [0.2, 0.25) is 0 Å². The molecule has 0 aromatic heterocycles. The topological polar surface area (TPSA) is 95.6 Å². The van der Waals surface area contributed by atoms with Gasteiger partial charge in [0.2, 0.25) is 21.8 Å². The Kier molecular flexibility index (Phi) is 8.43. The highest BCUT2D eigenvalue weighted by Gasteiger charge is 2.34. The molecule has 0 spiro atoms. The molecule has 7 nitrogen and oxygen atoms in total. The van der Waals surface area contributed by atoms with Crippen LogP contribution in [0.1, 0.15) is 37.8 Å². The molecule has 0 bridgehead atoms. The molecular formula is C25H32FN3O4S. The number of carbonyl (C=O) groups is 2. The molecule has 9 heteroatoms. The van der Waals surface area contributed by atoms with Crippen LogP contribution >= 0.6 is 0 Å². The van der Waals surface area contributed by atoms with Crippen LogP contribution in [-0.2, 0) is 26.2 Å². The lowest BCUT2D eigenvalue weighted by Crippen LogP contribution is -2.52. The van der Waals surface area contributed by atoms with Crippen LogP contribution in [0.25, 0.3) is 0 Å². The lowest BCUT2D eigenvalue weighted by atomic mass is 9.95. The SMILES string of the molecule is Cc1ccc(S(=O)(=O)N2CCC(C(=O)NC(C(=O)NCc3ccc(F)cc3)C(C)C)CC2)cc1. The van der Waals surface area contributed by atoms with Crippen molar-refractivity contribution in [2.45, 2.75) is 51.1 Å². The van der Waals surface area contributed by atoms with Gasteiger partial charge in [-0.2, -0.15) is 4.31 Å². The monoisotopic (exact) mass is 489 g/mol. The summed E-state index contributed by atoms with van der Waals surface area (Å²) >= 11 is 0. The molecule has 0 saturated carbocycles. The third-order valence-electron chi connectivity index (χ3n) is 6.11. The number of sulfonamides is 1. The number of hydrogen-bond donors (Lipinski definition) is 2. The second kappa shape index (κ2) is 11.1. The largest absolute Gasteiger partial charge is 0.350 e. The summed E-state index contributed by atoms with van der Waals surface area (Å²) in [6.45, 7) is 6.31. The molecule has 2 amide bonds. The van der Waals surface area contributed by atoms with Crippen LogP contribution in [0.5, 0.6) is 0 Å². The molecule has 0 radical (unpaired) electrons. The fraction of sp³-hybridized carbons (Fsp3) is 0.440. The maximum absolute atomic E-state index is 13.1. The Balaban J connectivity index is 1.55. The highest BCUT2D eigenvalue weighted by Crippen LogP contribution is 2.24. The molecular weight excluding hydrogens is 457 g/mol. The van der Waals surface area contributed by atoms with Crippen molar-refractivity contribution in [1.29, 1.82) is 0 Å². The van der Waals surface area contributed by atoms with E-state index in [4.69, 9.17) is 0 Å². The van der Waals surface area contributed by atoms with Crippen molar-refractivity contribution in [2.75, 3.05) is 13.1 Å². The summed E-state index contributed by atoms with van der Waals surface area (Å²) in [4.78, 5) is 25.9. The molecule has 2 N–H and O–H groups in total. The summed E-state index contributed by atoms with van der Waals surface area (Å²) in [6, 6.07) is 11.8. The van der Waals surface area contributed by atoms with Gasteiger partial charge >= 0.3 is 0 Å². The average Bonchev–Trinajstić information content (AvgIpc) is 2.82. The van der Waals surface area contributed by atoms with Gasteiger partial charge in [-0.3, -0.25) is 9.59 Å². The van der Waals surface area contributed by atoms with Gasteiger partial charge in [-0.25, -0.2) is 12.8 Å². The molecule has 0 aliphatic carbocycles. The van der Waals surface area contributed by atoms with Crippen LogP contribution in [0.3, 0.4) is 0 Å². The van der Waals surface area contributed by atoms with Gasteiger partial charge in [0, 0.05) is 25.6 Å². The summed E-state index contributed by atoms with van der Waals surface area (Å²) in [5.74, 6) is -1.41. The average molecular weight is 490 g/mol. The van der Waals surface area contributed by atoms with Crippen LogP contribution in [0.4, 0.5) is 4.39 Å². The number of amides is 2. The van der Waals surface area contributed by atoms with E-state index >= 15 is 0 Å². The second-order valence-corrected chi connectivity index (χ2v) is 11.0. The predicted octanol–water partition coefficient (Wildman–Crippen LogP) is 2.99.